The first-order valence-corrected chi connectivity index (χ1v) is 7.72. The maximum Gasteiger partial charge on any atom is 0.356 e. The fourth-order valence-corrected chi connectivity index (χ4v) is 2.69. The van der Waals surface area contributed by atoms with Crippen molar-refractivity contribution in [2.75, 3.05) is 7.11 Å². The maximum atomic E-state index is 11.7. The molecule has 0 atom stereocenters. The van der Waals surface area contributed by atoms with Gasteiger partial charge in [-0.15, -0.1) is 0 Å². The molecule has 1 aromatic carbocycles. The van der Waals surface area contributed by atoms with Gasteiger partial charge in [0.25, 0.3) is 0 Å². The SMILES string of the molecule is COC(=O)c1cc2c(cn1)[nH]c1ccc(Oc3ccc(C#N)cn3)cc12. The maximum absolute atomic E-state index is 11.7. The second-order valence-electron chi connectivity index (χ2n) is 5.54. The number of benzene rings is 1. The van der Waals surface area contributed by atoms with Gasteiger partial charge in [-0.3, -0.25) is 0 Å². The van der Waals surface area contributed by atoms with Gasteiger partial charge >= 0.3 is 5.97 Å². The fraction of sp³-hybridized carbons (Fsp3) is 0.0526. The molecule has 0 spiro atoms. The summed E-state index contributed by atoms with van der Waals surface area (Å²) in [5, 5.41) is 10.5. The van der Waals surface area contributed by atoms with Crippen molar-refractivity contribution in [3.63, 3.8) is 0 Å². The highest BCUT2D eigenvalue weighted by molar-refractivity contribution is 6.09. The number of nitriles is 1. The Morgan fingerprint density at radius 2 is 1.92 bits per heavy atom. The molecule has 7 nitrogen and oxygen atoms in total. The number of aromatic amines is 1. The molecule has 126 valence electrons. The van der Waals surface area contributed by atoms with E-state index in [1.807, 2.05) is 24.3 Å². The van der Waals surface area contributed by atoms with Crippen molar-refractivity contribution in [3.05, 3.63) is 60.0 Å². The van der Waals surface area contributed by atoms with Gasteiger partial charge in [-0.25, -0.2) is 14.8 Å². The highest BCUT2D eigenvalue weighted by Gasteiger charge is 2.12. The topological polar surface area (TPSA) is 101 Å². The first-order valence-electron chi connectivity index (χ1n) is 7.72. The van der Waals surface area contributed by atoms with Crippen LogP contribution >= 0.6 is 0 Å². The monoisotopic (exact) mass is 344 g/mol. The molecule has 3 aromatic heterocycles. The summed E-state index contributed by atoms with van der Waals surface area (Å²) in [6.45, 7) is 0. The average Bonchev–Trinajstić information content (AvgIpc) is 3.05. The number of pyridine rings is 2. The first-order chi connectivity index (χ1) is 12.7. The van der Waals surface area contributed by atoms with Crippen molar-refractivity contribution >= 4 is 27.8 Å². The van der Waals surface area contributed by atoms with Crippen LogP contribution in [0.3, 0.4) is 0 Å². The molecule has 0 radical (unpaired) electrons. The second-order valence-corrected chi connectivity index (χ2v) is 5.54. The molecule has 1 N–H and O–H groups in total. The van der Waals surface area contributed by atoms with E-state index in [0.717, 1.165) is 21.8 Å². The zero-order valence-electron chi connectivity index (χ0n) is 13.7. The number of fused-ring (bicyclic) bond motifs is 3. The van der Waals surface area contributed by atoms with Gasteiger partial charge in [0.1, 0.15) is 17.5 Å². The van der Waals surface area contributed by atoms with Gasteiger partial charge in [0.15, 0.2) is 0 Å². The van der Waals surface area contributed by atoms with Crippen molar-refractivity contribution in [1.29, 1.82) is 5.26 Å². The van der Waals surface area contributed by atoms with Crippen molar-refractivity contribution < 1.29 is 14.3 Å². The Morgan fingerprint density at radius 1 is 1.08 bits per heavy atom. The van der Waals surface area contributed by atoms with Crippen LogP contribution < -0.4 is 4.74 Å². The number of nitrogens with one attached hydrogen (secondary N) is 1. The highest BCUT2D eigenvalue weighted by atomic mass is 16.5. The molecule has 0 saturated heterocycles. The smallest absolute Gasteiger partial charge is 0.356 e. The van der Waals surface area contributed by atoms with E-state index in [2.05, 4.69) is 15.0 Å². The minimum Gasteiger partial charge on any atom is -0.464 e. The lowest BCUT2D eigenvalue weighted by atomic mass is 10.1. The molecule has 0 fully saturated rings. The lowest BCUT2D eigenvalue weighted by molar-refractivity contribution is 0.0594. The number of methoxy groups -OCH3 is 1. The lowest BCUT2D eigenvalue weighted by Gasteiger charge is -2.04. The van der Waals surface area contributed by atoms with E-state index in [4.69, 9.17) is 14.7 Å². The zero-order chi connectivity index (χ0) is 18.1. The van der Waals surface area contributed by atoms with Crippen LogP contribution in [-0.4, -0.2) is 28.0 Å². The minimum absolute atomic E-state index is 0.237. The number of H-pyrrole nitrogens is 1. The Kier molecular flexibility index (Phi) is 3.71. The van der Waals surface area contributed by atoms with Crippen molar-refractivity contribution in [2.45, 2.75) is 0 Å². The molecule has 0 saturated carbocycles. The summed E-state index contributed by atoms with van der Waals surface area (Å²) in [5.41, 5.74) is 2.40. The molecular formula is C19H12N4O3. The standard InChI is InChI=1S/C19H12N4O3/c1-25-19(24)16-7-14-13-6-12(3-4-15(13)23-17(14)10-21-16)26-18-5-2-11(8-20)9-22-18/h2-7,9-10,23H,1H3. The Labute approximate surface area is 147 Å². The highest BCUT2D eigenvalue weighted by Crippen LogP contribution is 2.30. The van der Waals surface area contributed by atoms with Gasteiger partial charge in [0.2, 0.25) is 5.88 Å². The van der Waals surface area contributed by atoms with Crippen LogP contribution in [0.15, 0.2) is 48.8 Å². The van der Waals surface area contributed by atoms with E-state index in [0.29, 0.717) is 17.2 Å². The number of aromatic nitrogens is 3. The van der Waals surface area contributed by atoms with Crippen LogP contribution in [0.5, 0.6) is 11.6 Å². The van der Waals surface area contributed by atoms with E-state index in [1.165, 1.54) is 13.3 Å². The number of carbonyl (C=O) groups excluding carboxylic acids is 1. The molecule has 0 aliphatic rings. The van der Waals surface area contributed by atoms with Gasteiger partial charge in [-0.05, 0) is 30.3 Å². The van der Waals surface area contributed by atoms with E-state index < -0.39 is 5.97 Å². The van der Waals surface area contributed by atoms with E-state index in [1.54, 1.807) is 24.4 Å². The van der Waals surface area contributed by atoms with Crippen LogP contribution in [-0.2, 0) is 4.74 Å². The van der Waals surface area contributed by atoms with Crippen LogP contribution in [0, 0.1) is 11.3 Å². The van der Waals surface area contributed by atoms with E-state index >= 15 is 0 Å². The Bertz CT molecular complexity index is 1170. The summed E-state index contributed by atoms with van der Waals surface area (Å²) in [6, 6.07) is 12.5. The largest absolute Gasteiger partial charge is 0.464 e. The Balaban J connectivity index is 1.76. The summed E-state index contributed by atoms with van der Waals surface area (Å²) in [6.07, 6.45) is 3.05. The normalized spacial score (nSPS) is 10.6. The van der Waals surface area contributed by atoms with E-state index in [9.17, 15) is 4.79 Å². The Hall–Kier alpha value is -3.92. The first kappa shape index (κ1) is 15.6. The average molecular weight is 344 g/mol. The van der Waals surface area contributed by atoms with E-state index in [-0.39, 0.29) is 5.69 Å². The third kappa shape index (κ3) is 2.70. The van der Waals surface area contributed by atoms with Crippen LogP contribution in [0.1, 0.15) is 16.1 Å². The molecular weight excluding hydrogens is 332 g/mol. The third-order valence-corrected chi connectivity index (χ3v) is 3.94. The second kappa shape index (κ2) is 6.18. The predicted molar refractivity (Wildman–Crippen MR) is 94.0 cm³/mol. The number of hydrogen-bond acceptors (Lipinski definition) is 6. The molecule has 26 heavy (non-hydrogen) atoms. The lowest BCUT2D eigenvalue weighted by Crippen LogP contribution is -2.03. The number of rotatable bonds is 3. The van der Waals surface area contributed by atoms with Gasteiger partial charge in [0, 0.05) is 28.6 Å². The fourth-order valence-electron chi connectivity index (χ4n) is 2.69. The van der Waals surface area contributed by atoms with Crippen LogP contribution in [0.25, 0.3) is 21.8 Å². The number of nitrogens with zero attached hydrogens (tertiary/aromatic N) is 3. The van der Waals surface area contributed by atoms with Gasteiger partial charge in [0.05, 0.1) is 24.4 Å². The minimum atomic E-state index is -0.490. The molecule has 0 bridgehead atoms. The van der Waals surface area contributed by atoms with Crippen molar-refractivity contribution in [1.82, 2.24) is 15.0 Å². The quantitative estimate of drug-likeness (QED) is 0.570. The van der Waals surface area contributed by atoms with Crippen molar-refractivity contribution in [2.24, 2.45) is 0 Å². The molecule has 4 rings (SSSR count). The number of ether oxygens (including phenoxy) is 2. The van der Waals surface area contributed by atoms with Gasteiger partial charge < -0.3 is 14.5 Å². The molecule has 4 aromatic rings. The number of carbonyl (C=O) groups is 1. The Morgan fingerprint density at radius 3 is 2.65 bits per heavy atom. The molecule has 3 heterocycles. The molecule has 0 amide bonds. The summed E-state index contributed by atoms with van der Waals surface area (Å²) in [7, 11) is 1.32. The molecule has 0 unspecified atom stereocenters. The van der Waals surface area contributed by atoms with Gasteiger partial charge in [-0.1, -0.05) is 0 Å². The summed E-state index contributed by atoms with van der Waals surface area (Å²) in [5.74, 6) is 0.489. The number of hydrogen-bond donors (Lipinski definition) is 1. The van der Waals surface area contributed by atoms with Crippen LogP contribution in [0.4, 0.5) is 0 Å². The third-order valence-electron chi connectivity index (χ3n) is 3.94. The van der Waals surface area contributed by atoms with Crippen LogP contribution in [0.2, 0.25) is 0 Å². The summed E-state index contributed by atoms with van der Waals surface area (Å²) < 4.78 is 10.5. The van der Waals surface area contributed by atoms with Gasteiger partial charge in [-0.2, -0.15) is 5.26 Å². The summed E-state index contributed by atoms with van der Waals surface area (Å²) >= 11 is 0. The predicted octanol–water partition coefficient (Wildman–Crippen LogP) is 3.56. The zero-order valence-corrected chi connectivity index (χ0v) is 13.7. The number of esters is 1. The molecule has 0 aliphatic heterocycles. The molecule has 0 aliphatic carbocycles. The summed E-state index contributed by atoms with van der Waals surface area (Å²) in [4.78, 5) is 23.2. The molecule has 7 heteroatoms. The van der Waals surface area contributed by atoms with Crippen molar-refractivity contribution in [3.8, 4) is 17.7 Å².